The zero-order chi connectivity index (χ0) is 24.1. The molecule has 0 fully saturated rings. The Bertz CT molecular complexity index is 1480. The number of amides is 1. The molecule has 3 aromatic rings. The van der Waals surface area contributed by atoms with Crippen molar-refractivity contribution in [2.75, 3.05) is 16.4 Å². The molecule has 0 aromatic heterocycles. The summed E-state index contributed by atoms with van der Waals surface area (Å²) < 4.78 is 35.7. The van der Waals surface area contributed by atoms with Crippen molar-refractivity contribution in [1.29, 1.82) is 0 Å². The molecule has 4 N–H and O–H groups in total. The molecule has 1 aliphatic carbocycles. The van der Waals surface area contributed by atoms with Crippen molar-refractivity contribution >= 4 is 50.3 Å². The quantitative estimate of drug-likeness (QED) is 0.206. The maximum Gasteiger partial charge on any atom is 1.00 e. The summed E-state index contributed by atoms with van der Waals surface area (Å²) in [6, 6.07) is 11.9. The van der Waals surface area contributed by atoms with Crippen LogP contribution in [-0.2, 0) is 14.9 Å². The third-order valence-electron chi connectivity index (χ3n) is 5.30. The summed E-state index contributed by atoms with van der Waals surface area (Å²) in [4.78, 5) is 37.2. The molecule has 0 unspecified atom stereocenters. The molecule has 0 spiro atoms. The van der Waals surface area contributed by atoms with Gasteiger partial charge in [-0.1, -0.05) is 30.3 Å². The van der Waals surface area contributed by atoms with Gasteiger partial charge in [-0.25, -0.2) is 8.42 Å². The number of hydrogen-bond acceptors (Lipinski definition) is 8. The number of carbonyl (C=O) groups excluding carboxylic acids is 3. The smallest absolute Gasteiger partial charge is 0.744 e. The van der Waals surface area contributed by atoms with Crippen LogP contribution in [0.5, 0.6) is 0 Å². The van der Waals surface area contributed by atoms with Crippen LogP contribution in [0, 0.1) is 6.92 Å². The predicted molar refractivity (Wildman–Crippen MR) is 121 cm³/mol. The van der Waals surface area contributed by atoms with Gasteiger partial charge in [0.25, 0.3) is 0 Å². The van der Waals surface area contributed by atoms with E-state index in [-0.39, 0.29) is 63.4 Å². The van der Waals surface area contributed by atoms with Crippen molar-refractivity contribution in [3.63, 3.8) is 0 Å². The van der Waals surface area contributed by atoms with E-state index in [0.717, 1.165) is 11.6 Å². The minimum absolute atomic E-state index is 0. The fourth-order valence-electron chi connectivity index (χ4n) is 3.78. The van der Waals surface area contributed by atoms with Crippen LogP contribution in [-0.4, -0.2) is 30.4 Å². The molecule has 1 aliphatic rings. The third-order valence-corrected chi connectivity index (χ3v) is 6.17. The van der Waals surface area contributed by atoms with Gasteiger partial charge in [0, 0.05) is 29.4 Å². The summed E-state index contributed by atoms with van der Waals surface area (Å²) in [5.74, 6) is -1.50. The van der Waals surface area contributed by atoms with Gasteiger partial charge in [0.15, 0.2) is 11.6 Å². The number of nitrogen functional groups attached to an aromatic ring is 1. The Labute approximate surface area is 217 Å². The molecule has 168 valence electrons. The van der Waals surface area contributed by atoms with Gasteiger partial charge >= 0.3 is 29.6 Å². The van der Waals surface area contributed by atoms with Crippen LogP contribution in [0.1, 0.15) is 44.3 Å². The average molecular weight is 487 g/mol. The minimum Gasteiger partial charge on any atom is -0.744 e. The number of benzene rings is 3. The van der Waals surface area contributed by atoms with Gasteiger partial charge in [0.1, 0.15) is 10.1 Å². The molecule has 34 heavy (non-hydrogen) atoms. The van der Waals surface area contributed by atoms with Crippen molar-refractivity contribution in [2.45, 2.75) is 18.7 Å². The first kappa shape index (κ1) is 25.6. The second-order valence-electron chi connectivity index (χ2n) is 7.58. The van der Waals surface area contributed by atoms with Gasteiger partial charge in [0.2, 0.25) is 5.91 Å². The van der Waals surface area contributed by atoms with Crippen molar-refractivity contribution < 1.29 is 56.9 Å². The molecule has 0 radical (unpaired) electrons. The van der Waals surface area contributed by atoms with E-state index in [1.807, 2.05) is 0 Å². The van der Waals surface area contributed by atoms with E-state index in [9.17, 15) is 27.4 Å². The van der Waals surface area contributed by atoms with Gasteiger partial charge in [-0.05, 0) is 30.7 Å². The van der Waals surface area contributed by atoms with Crippen molar-refractivity contribution in [1.82, 2.24) is 0 Å². The first-order valence-corrected chi connectivity index (χ1v) is 11.2. The van der Waals surface area contributed by atoms with Gasteiger partial charge < -0.3 is 20.9 Å². The number of rotatable bonds is 4. The number of fused-ring (bicyclic) bond motifs is 2. The monoisotopic (exact) mass is 487 g/mol. The molecule has 3 aromatic carbocycles. The Kier molecular flexibility index (Phi) is 7.02. The number of anilines is 4. The maximum atomic E-state index is 13.3. The number of carbonyl (C=O) groups is 3. The topological polar surface area (TPSA) is 158 Å². The summed E-state index contributed by atoms with van der Waals surface area (Å²) in [7, 11) is -5.07. The summed E-state index contributed by atoms with van der Waals surface area (Å²) in [6.07, 6.45) is 0. The van der Waals surface area contributed by atoms with Crippen LogP contribution in [0.3, 0.4) is 0 Å². The largest absolute Gasteiger partial charge is 1.00 e. The number of hydrogen-bond donors (Lipinski definition) is 3. The molecule has 0 aliphatic heterocycles. The molecular formula is C23H18N3NaO6S. The van der Waals surface area contributed by atoms with E-state index in [0.29, 0.717) is 11.4 Å². The van der Waals surface area contributed by atoms with Crippen LogP contribution in [0.4, 0.5) is 22.7 Å². The molecule has 0 atom stereocenters. The molecule has 1 amide bonds. The second-order valence-corrected chi connectivity index (χ2v) is 8.93. The van der Waals surface area contributed by atoms with Gasteiger partial charge in [-0.3, -0.25) is 14.4 Å². The molecular weight excluding hydrogens is 469 g/mol. The first-order valence-electron chi connectivity index (χ1n) is 9.75. The average Bonchev–Trinajstić information content (AvgIpc) is 2.74. The van der Waals surface area contributed by atoms with Gasteiger partial charge in [-0.2, -0.15) is 0 Å². The van der Waals surface area contributed by atoms with E-state index >= 15 is 0 Å². The van der Waals surface area contributed by atoms with E-state index in [1.54, 1.807) is 37.3 Å². The Balaban J connectivity index is 0.00000324. The molecule has 4 rings (SSSR count). The number of ketones is 2. The Morgan fingerprint density at radius 3 is 2.09 bits per heavy atom. The van der Waals surface area contributed by atoms with Crippen LogP contribution in [0.25, 0.3) is 0 Å². The zero-order valence-electron chi connectivity index (χ0n) is 18.6. The van der Waals surface area contributed by atoms with Crippen LogP contribution in [0.15, 0.2) is 53.4 Å². The molecule has 11 heteroatoms. The predicted octanol–water partition coefficient (Wildman–Crippen LogP) is -0.0373. The molecule has 0 saturated heterocycles. The normalized spacial score (nSPS) is 12.3. The molecule has 0 bridgehead atoms. The Hall–Kier alpha value is -3.02. The van der Waals surface area contributed by atoms with Crippen LogP contribution in [0.2, 0.25) is 0 Å². The van der Waals surface area contributed by atoms with Crippen molar-refractivity contribution in [3.8, 4) is 0 Å². The SMILES string of the molecule is CC(=O)Nc1cc(Nc2cc(S(=O)(=O)[O-])c(N)c3c2C(=O)c2ccccc2C3=O)ccc1C.[Na+]. The molecule has 0 heterocycles. The van der Waals surface area contributed by atoms with E-state index in [4.69, 9.17) is 5.73 Å². The number of nitrogens with two attached hydrogens (primary N) is 1. The van der Waals surface area contributed by atoms with Gasteiger partial charge in [-0.15, -0.1) is 0 Å². The van der Waals surface area contributed by atoms with E-state index in [2.05, 4.69) is 10.6 Å². The first-order chi connectivity index (χ1) is 15.5. The minimum atomic E-state index is -5.07. The molecule has 0 saturated carbocycles. The molecule has 9 nitrogen and oxygen atoms in total. The van der Waals surface area contributed by atoms with E-state index in [1.165, 1.54) is 19.1 Å². The number of aryl methyl sites for hydroxylation is 1. The second kappa shape index (κ2) is 9.32. The van der Waals surface area contributed by atoms with Gasteiger partial charge in [0.05, 0.1) is 27.4 Å². The fourth-order valence-corrected chi connectivity index (χ4v) is 4.41. The van der Waals surface area contributed by atoms with Crippen LogP contribution < -0.4 is 45.9 Å². The number of nitrogens with one attached hydrogen (secondary N) is 2. The Morgan fingerprint density at radius 2 is 1.53 bits per heavy atom. The van der Waals surface area contributed by atoms with Crippen molar-refractivity contribution in [3.05, 3.63) is 76.3 Å². The summed E-state index contributed by atoms with van der Waals surface area (Å²) in [5, 5.41) is 5.58. The standard InChI is InChI=1S/C23H19N3O6S.Na/c1-11-7-8-13(9-16(11)25-12(2)27)26-17-10-18(33(30,31)32)21(24)20-19(17)22(28)14-5-3-4-6-15(14)23(20)29;/h3-10,26H,24H2,1-2H3,(H,25,27)(H,30,31,32);/q;+1/p-1. The maximum absolute atomic E-state index is 13.3. The van der Waals surface area contributed by atoms with Crippen LogP contribution >= 0.6 is 0 Å². The van der Waals surface area contributed by atoms with E-state index < -0.39 is 32.3 Å². The summed E-state index contributed by atoms with van der Waals surface area (Å²) in [6.45, 7) is 3.13. The van der Waals surface area contributed by atoms with Crippen molar-refractivity contribution in [2.24, 2.45) is 0 Å². The summed E-state index contributed by atoms with van der Waals surface area (Å²) in [5.41, 5.74) is 6.65. The summed E-state index contributed by atoms with van der Waals surface area (Å²) >= 11 is 0. The zero-order valence-corrected chi connectivity index (χ0v) is 21.4. The fraction of sp³-hybridized carbons (Fsp3) is 0.0870. The third kappa shape index (κ3) is 4.50. The Morgan fingerprint density at radius 1 is 0.941 bits per heavy atom.